The molecule has 9 heteroatoms. The van der Waals surface area contributed by atoms with Crippen molar-refractivity contribution in [2.24, 2.45) is 0 Å². The fourth-order valence-electron chi connectivity index (χ4n) is 3.48. The van der Waals surface area contributed by atoms with Crippen molar-refractivity contribution in [1.82, 2.24) is 14.9 Å². The van der Waals surface area contributed by atoms with Crippen molar-refractivity contribution in [2.45, 2.75) is 24.8 Å². The molecule has 1 amide bonds. The summed E-state index contributed by atoms with van der Waals surface area (Å²) in [5.74, 6) is -0.415. The first kappa shape index (κ1) is 23.9. The zero-order chi connectivity index (χ0) is 25.0. The van der Waals surface area contributed by atoms with Gasteiger partial charge in [0.2, 0.25) is 0 Å². The number of rotatable bonds is 8. The van der Waals surface area contributed by atoms with E-state index in [0.717, 1.165) is 11.3 Å². The minimum absolute atomic E-state index is 0.0391. The lowest BCUT2D eigenvalue weighted by Crippen LogP contribution is -2.26. The van der Waals surface area contributed by atoms with Gasteiger partial charge < -0.3 is 9.88 Å². The number of Topliss-reactive ketones (excluding diaryl/α,β-unsaturated/α-hetero) is 1. The van der Waals surface area contributed by atoms with Crippen LogP contribution >= 0.6 is 0 Å². The number of sulfonamides is 1. The van der Waals surface area contributed by atoms with Crippen LogP contribution in [-0.2, 0) is 10.0 Å². The molecule has 0 fully saturated rings. The minimum Gasteiger partial charge on any atom is -0.346 e. The summed E-state index contributed by atoms with van der Waals surface area (Å²) < 4.78 is 29.6. The molecule has 35 heavy (non-hydrogen) atoms. The van der Waals surface area contributed by atoms with Gasteiger partial charge in [0.15, 0.2) is 5.78 Å². The van der Waals surface area contributed by atoms with E-state index in [2.05, 4.69) is 15.0 Å². The molecule has 0 saturated carbocycles. The van der Waals surface area contributed by atoms with Gasteiger partial charge in [0.05, 0.1) is 17.3 Å². The Kier molecular flexibility index (Phi) is 6.79. The van der Waals surface area contributed by atoms with E-state index in [-0.39, 0.29) is 22.6 Å². The number of benzene rings is 3. The summed E-state index contributed by atoms with van der Waals surface area (Å²) in [5, 5.41) is 2.95. The Labute approximate surface area is 203 Å². The third-order valence-corrected chi connectivity index (χ3v) is 6.91. The van der Waals surface area contributed by atoms with E-state index in [0.29, 0.717) is 16.8 Å². The molecule has 0 spiro atoms. The molecule has 0 aliphatic rings. The van der Waals surface area contributed by atoms with Gasteiger partial charge in [-0.3, -0.25) is 14.3 Å². The highest BCUT2D eigenvalue weighted by Gasteiger charge is 2.16. The van der Waals surface area contributed by atoms with E-state index in [9.17, 15) is 18.0 Å². The van der Waals surface area contributed by atoms with Gasteiger partial charge in [0.25, 0.3) is 15.9 Å². The highest BCUT2D eigenvalue weighted by Crippen LogP contribution is 2.19. The van der Waals surface area contributed by atoms with Gasteiger partial charge in [0, 0.05) is 34.9 Å². The van der Waals surface area contributed by atoms with Crippen LogP contribution < -0.4 is 10.0 Å². The van der Waals surface area contributed by atoms with E-state index >= 15 is 0 Å². The van der Waals surface area contributed by atoms with Crippen LogP contribution in [0.2, 0.25) is 0 Å². The van der Waals surface area contributed by atoms with Crippen LogP contribution in [0.25, 0.3) is 5.69 Å². The average molecular weight is 489 g/mol. The molecular formula is C26H24N4O4S. The highest BCUT2D eigenvalue weighted by atomic mass is 32.2. The molecule has 178 valence electrons. The SMILES string of the molecule is CC(=O)c1ccc(S(=O)(=O)Nc2ccc(C(=O)N[C@H](C)c3ccc(-n4ccnc4)cc3)cc2)cc1. The van der Waals surface area contributed by atoms with Crippen molar-refractivity contribution < 1.29 is 18.0 Å². The van der Waals surface area contributed by atoms with Gasteiger partial charge in [0.1, 0.15) is 0 Å². The number of imidazole rings is 1. The number of carbonyl (C=O) groups excluding carboxylic acids is 2. The average Bonchev–Trinajstić information content (AvgIpc) is 3.39. The predicted octanol–water partition coefficient (Wildman–Crippen LogP) is 4.37. The molecule has 1 aromatic heterocycles. The Morgan fingerprint density at radius 3 is 2.09 bits per heavy atom. The van der Waals surface area contributed by atoms with Gasteiger partial charge >= 0.3 is 0 Å². The third-order valence-electron chi connectivity index (χ3n) is 5.51. The number of nitrogens with one attached hydrogen (secondary N) is 2. The normalized spacial score (nSPS) is 12.1. The summed E-state index contributed by atoms with van der Waals surface area (Å²) in [4.78, 5) is 28.2. The van der Waals surface area contributed by atoms with Crippen LogP contribution in [0.1, 0.15) is 46.2 Å². The molecule has 4 aromatic rings. The summed E-state index contributed by atoms with van der Waals surface area (Å²) >= 11 is 0. The monoisotopic (exact) mass is 488 g/mol. The van der Waals surface area contributed by atoms with E-state index in [4.69, 9.17) is 0 Å². The summed E-state index contributed by atoms with van der Waals surface area (Å²) in [7, 11) is -3.83. The van der Waals surface area contributed by atoms with Crippen molar-refractivity contribution in [3.8, 4) is 5.69 Å². The summed E-state index contributed by atoms with van der Waals surface area (Å²) in [6.07, 6.45) is 5.28. The van der Waals surface area contributed by atoms with Gasteiger partial charge in [-0.25, -0.2) is 13.4 Å². The number of nitrogens with zero attached hydrogens (tertiary/aromatic N) is 2. The molecule has 0 saturated heterocycles. The molecule has 1 atom stereocenters. The first-order chi connectivity index (χ1) is 16.7. The highest BCUT2D eigenvalue weighted by molar-refractivity contribution is 7.92. The number of ketones is 1. The Balaban J connectivity index is 1.39. The number of aromatic nitrogens is 2. The molecule has 0 aliphatic heterocycles. The number of anilines is 1. The van der Waals surface area contributed by atoms with Crippen LogP contribution in [0.3, 0.4) is 0 Å². The molecule has 0 unspecified atom stereocenters. The zero-order valence-electron chi connectivity index (χ0n) is 19.2. The van der Waals surface area contributed by atoms with Gasteiger partial charge in [-0.05, 0) is 67.9 Å². The van der Waals surface area contributed by atoms with Gasteiger partial charge in [-0.15, -0.1) is 0 Å². The maximum Gasteiger partial charge on any atom is 0.261 e. The van der Waals surface area contributed by atoms with Crippen molar-refractivity contribution in [2.75, 3.05) is 4.72 Å². The maximum absolute atomic E-state index is 12.7. The Morgan fingerprint density at radius 2 is 1.51 bits per heavy atom. The second-order valence-corrected chi connectivity index (χ2v) is 9.70. The van der Waals surface area contributed by atoms with Crippen LogP contribution in [0.15, 0.2) is 96.4 Å². The smallest absolute Gasteiger partial charge is 0.261 e. The molecule has 1 heterocycles. The van der Waals surface area contributed by atoms with E-state index in [1.807, 2.05) is 42.0 Å². The molecule has 0 aliphatic carbocycles. The van der Waals surface area contributed by atoms with Crippen LogP contribution in [0.5, 0.6) is 0 Å². The predicted molar refractivity (Wildman–Crippen MR) is 133 cm³/mol. The summed E-state index contributed by atoms with van der Waals surface area (Å²) in [5.41, 5.74) is 3.07. The number of hydrogen-bond donors (Lipinski definition) is 2. The van der Waals surface area contributed by atoms with Gasteiger partial charge in [-0.1, -0.05) is 24.3 Å². The first-order valence-corrected chi connectivity index (χ1v) is 12.3. The molecule has 0 radical (unpaired) electrons. The van der Waals surface area contributed by atoms with Crippen molar-refractivity contribution >= 4 is 27.4 Å². The van der Waals surface area contributed by atoms with E-state index < -0.39 is 10.0 Å². The van der Waals surface area contributed by atoms with Gasteiger partial charge in [-0.2, -0.15) is 0 Å². The third kappa shape index (κ3) is 5.64. The number of amides is 1. The largest absolute Gasteiger partial charge is 0.346 e. The summed E-state index contributed by atoms with van der Waals surface area (Å²) in [6.45, 7) is 3.31. The van der Waals surface area contributed by atoms with Crippen molar-refractivity contribution in [3.05, 3.63) is 108 Å². The quantitative estimate of drug-likeness (QED) is 0.358. The molecule has 2 N–H and O–H groups in total. The number of hydrogen-bond acceptors (Lipinski definition) is 5. The lowest BCUT2D eigenvalue weighted by atomic mass is 10.1. The van der Waals surface area contributed by atoms with Crippen molar-refractivity contribution in [3.63, 3.8) is 0 Å². The molecule has 3 aromatic carbocycles. The lowest BCUT2D eigenvalue weighted by Gasteiger charge is -2.15. The second kappa shape index (κ2) is 9.94. The number of carbonyl (C=O) groups is 2. The Bertz CT molecular complexity index is 1430. The Morgan fingerprint density at radius 1 is 0.886 bits per heavy atom. The van der Waals surface area contributed by atoms with E-state index in [1.54, 1.807) is 24.7 Å². The lowest BCUT2D eigenvalue weighted by molar-refractivity contribution is 0.0939. The zero-order valence-corrected chi connectivity index (χ0v) is 20.0. The standard InChI is InChI=1S/C26H24N4O4S/c1-18(20-5-11-24(12-6-20)30-16-15-27-17-30)28-26(32)22-3-9-23(10-4-22)29-35(33,34)25-13-7-21(8-14-25)19(2)31/h3-18,29H,1-2H3,(H,28,32)/t18-/m1/s1. The second-order valence-electron chi connectivity index (χ2n) is 8.02. The molecule has 4 rings (SSSR count). The fourth-order valence-corrected chi connectivity index (χ4v) is 4.54. The van der Waals surface area contributed by atoms with Crippen molar-refractivity contribution in [1.29, 1.82) is 0 Å². The van der Waals surface area contributed by atoms with E-state index in [1.165, 1.54) is 43.3 Å². The minimum atomic E-state index is -3.83. The maximum atomic E-state index is 12.7. The molecule has 0 bridgehead atoms. The molecule has 8 nitrogen and oxygen atoms in total. The Hall–Kier alpha value is -4.24. The molecular weight excluding hydrogens is 464 g/mol. The first-order valence-electron chi connectivity index (χ1n) is 10.9. The van der Waals surface area contributed by atoms with Crippen LogP contribution in [0, 0.1) is 0 Å². The van der Waals surface area contributed by atoms with Crippen LogP contribution in [-0.4, -0.2) is 29.7 Å². The summed E-state index contributed by atoms with van der Waals surface area (Å²) in [6, 6.07) is 19.4. The fraction of sp³-hybridized carbons (Fsp3) is 0.115. The topological polar surface area (TPSA) is 110 Å². The van der Waals surface area contributed by atoms with Crippen LogP contribution in [0.4, 0.5) is 5.69 Å².